The fraction of sp³-hybridized carbons (Fsp3) is 0.130. The Morgan fingerprint density at radius 3 is 2.61 bits per heavy atom. The monoisotopic (exact) mass is 437 g/mol. The van der Waals surface area contributed by atoms with Gasteiger partial charge in [-0.2, -0.15) is 0 Å². The number of hydrogen-bond donors (Lipinski definition) is 3. The molecule has 7 nitrogen and oxygen atoms in total. The Morgan fingerprint density at radius 2 is 1.87 bits per heavy atom. The van der Waals surface area contributed by atoms with E-state index in [2.05, 4.69) is 10.6 Å². The molecule has 158 valence electrons. The highest BCUT2D eigenvalue weighted by Crippen LogP contribution is 2.40. The van der Waals surface area contributed by atoms with Crippen LogP contribution in [0.4, 0.5) is 16.2 Å². The number of para-hydroxylation sites is 1. The third-order valence-electron chi connectivity index (χ3n) is 5.07. The van der Waals surface area contributed by atoms with Crippen molar-refractivity contribution in [2.24, 2.45) is 0 Å². The fourth-order valence-electron chi connectivity index (χ4n) is 3.52. The lowest BCUT2D eigenvalue weighted by molar-refractivity contribution is -0.140. The lowest BCUT2D eigenvalue weighted by atomic mass is 9.94. The number of carbonyl (C=O) groups is 2. The number of rotatable bonds is 5. The van der Waals surface area contributed by atoms with Crippen molar-refractivity contribution in [3.05, 3.63) is 88.9 Å². The molecule has 0 fully saturated rings. The minimum atomic E-state index is -2.28. The number of carbonyl (C=O) groups excluding carboxylic acids is 2. The third-order valence-corrected chi connectivity index (χ3v) is 5.32. The number of fused-ring (bicyclic) bond motifs is 1. The van der Waals surface area contributed by atoms with E-state index in [-0.39, 0.29) is 12.1 Å². The van der Waals surface area contributed by atoms with Crippen LogP contribution in [0.5, 0.6) is 5.75 Å². The van der Waals surface area contributed by atoms with Crippen molar-refractivity contribution in [1.82, 2.24) is 5.32 Å². The molecule has 0 bridgehead atoms. The van der Waals surface area contributed by atoms with Crippen molar-refractivity contribution in [3.63, 3.8) is 0 Å². The van der Waals surface area contributed by atoms with Gasteiger partial charge < -0.3 is 20.5 Å². The molecule has 3 N–H and O–H groups in total. The van der Waals surface area contributed by atoms with Crippen molar-refractivity contribution >= 4 is 34.9 Å². The number of aliphatic hydroxyl groups is 1. The van der Waals surface area contributed by atoms with Gasteiger partial charge in [0.05, 0.1) is 18.5 Å². The Balaban J connectivity index is 1.75. The first kappa shape index (κ1) is 20.7. The van der Waals surface area contributed by atoms with Crippen LogP contribution in [-0.4, -0.2) is 24.2 Å². The SMILES string of the molecule is COc1cccc(N2C(=O)Nc3ccccc3[C@]2(O)C(=O)NCc2ccc(Cl)cc2)c1. The summed E-state index contributed by atoms with van der Waals surface area (Å²) >= 11 is 5.91. The van der Waals surface area contributed by atoms with Crippen molar-refractivity contribution < 1.29 is 19.4 Å². The summed E-state index contributed by atoms with van der Waals surface area (Å²) in [7, 11) is 1.50. The highest BCUT2D eigenvalue weighted by Gasteiger charge is 2.51. The normalized spacial score (nSPS) is 17.5. The van der Waals surface area contributed by atoms with Gasteiger partial charge in [-0.05, 0) is 35.9 Å². The lowest BCUT2D eigenvalue weighted by Gasteiger charge is -2.42. The van der Waals surface area contributed by atoms with Crippen LogP contribution in [0.3, 0.4) is 0 Å². The molecule has 4 rings (SSSR count). The molecule has 8 heteroatoms. The molecule has 0 radical (unpaired) electrons. The van der Waals surface area contributed by atoms with E-state index in [9.17, 15) is 14.7 Å². The standard InChI is InChI=1S/C23H20ClN3O4/c1-31-18-6-4-5-17(13-18)27-22(29)26-20-8-3-2-7-19(20)23(27,30)21(28)25-14-15-9-11-16(24)12-10-15/h2-13,30H,14H2,1H3,(H,25,28)(H,26,29)/t23-/m0/s1. The number of nitrogens with one attached hydrogen (secondary N) is 2. The average molecular weight is 438 g/mol. The molecule has 0 unspecified atom stereocenters. The summed E-state index contributed by atoms with van der Waals surface area (Å²) in [5.41, 5.74) is -0.572. The van der Waals surface area contributed by atoms with Crippen LogP contribution in [-0.2, 0) is 17.1 Å². The van der Waals surface area contributed by atoms with E-state index >= 15 is 0 Å². The van der Waals surface area contributed by atoms with E-state index in [4.69, 9.17) is 16.3 Å². The predicted molar refractivity (Wildman–Crippen MR) is 118 cm³/mol. The second-order valence-corrected chi connectivity index (χ2v) is 7.43. The first-order chi connectivity index (χ1) is 14.9. The zero-order valence-corrected chi connectivity index (χ0v) is 17.4. The van der Waals surface area contributed by atoms with Gasteiger partial charge in [-0.3, -0.25) is 9.69 Å². The smallest absolute Gasteiger partial charge is 0.329 e. The highest BCUT2D eigenvalue weighted by atomic mass is 35.5. The van der Waals surface area contributed by atoms with Crippen LogP contribution in [0.25, 0.3) is 0 Å². The summed E-state index contributed by atoms with van der Waals surface area (Å²) in [6.45, 7) is 0.147. The Kier molecular flexibility index (Phi) is 5.54. The third kappa shape index (κ3) is 3.81. The van der Waals surface area contributed by atoms with Crippen LogP contribution >= 0.6 is 11.6 Å². The Morgan fingerprint density at radius 1 is 1.13 bits per heavy atom. The number of nitrogens with zero attached hydrogens (tertiary/aromatic N) is 1. The molecule has 3 amide bonds. The maximum Gasteiger partial charge on any atom is 0.329 e. The number of benzene rings is 3. The van der Waals surface area contributed by atoms with Crippen LogP contribution < -0.4 is 20.3 Å². The highest BCUT2D eigenvalue weighted by molar-refractivity contribution is 6.30. The van der Waals surface area contributed by atoms with Crippen LogP contribution in [0.2, 0.25) is 5.02 Å². The molecule has 1 heterocycles. The van der Waals surface area contributed by atoms with Gasteiger partial charge in [0.2, 0.25) is 0 Å². The van der Waals surface area contributed by atoms with E-state index in [1.807, 2.05) is 0 Å². The van der Waals surface area contributed by atoms with Crippen molar-refractivity contribution in [2.75, 3.05) is 17.3 Å². The van der Waals surface area contributed by atoms with Gasteiger partial charge in [0.15, 0.2) is 0 Å². The van der Waals surface area contributed by atoms with E-state index in [1.165, 1.54) is 7.11 Å². The van der Waals surface area contributed by atoms with Gasteiger partial charge >= 0.3 is 6.03 Å². The van der Waals surface area contributed by atoms with Gasteiger partial charge in [0.25, 0.3) is 11.6 Å². The molecular weight excluding hydrogens is 418 g/mol. The number of ether oxygens (including phenoxy) is 1. The van der Waals surface area contributed by atoms with Crippen LogP contribution in [0, 0.1) is 0 Å². The number of methoxy groups -OCH3 is 1. The van der Waals surface area contributed by atoms with Gasteiger partial charge in [-0.1, -0.05) is 48.0 Å². The zero-order chi connectivity index (χ0) is 22.0. The summed E-state index contributed by atoms with van der Waals surface area (Å²) in [6.07, 6.45) is 0. The molecule has 1 aliphatic rings. The van der Waals surface area contributed by atoms with Crippen LogP contribution in [0.15, 0.2) is 72.8 Å². The second-order valence-electron chi connectivity index (χ2n) is 6.99. The van der Waals surface area contributed by atoms with Crippen LogP contribution in [0.1, 0.15) is 11.1 Å². The molecule has 3 aromatic carbocycles. The Hall–Kier alpha value is -3.55. The molecule has 0 aromatic heterocycles. The number of amides is 3. The topological polar surface area (TPSA) is 90.9 Å². The van der Waals surface area contributed by atoms with E-state index in [0.717, 1.165) is 10.5 Å². The summed E-state index contributed by atoms with van der Waals surface area (Å²) in [4.78, 5) is 27.4. The molecule has 1 atom stereocenters. The van der Waals surface area contributed by atoms with E-state index in [0.29, 0.717) is 22.1 Å². The molecule has 0 spiro atoms. The summed E-state index contributed by atoms with van der Waals surface area (Å²) in [6, 6.07) is 19.5. The molecular formula is C23H20ClN3O4. The number of urea groups is 1. The van der Waals surface area contributed by atoms with Gasteiger partial charge in [-0.25, -0.2) is 4.79 Å². The minimum absolute atomic E-state index is 0.147. The molecule has 0 aliphatic carbocycles. The number of halogens is 1. The molecule has 1 aliphatic heterocycles. The largest absolute Gasteiger partial charge is 0.497 e. The number of anilines is 2. The van der Waals surface area contributed by atoms with Gasteiger partial charge in [-0.15, -0.1) is 0 Å². The molecule has 3 aromatic rings. The second kappa shape index (κ2) is 8.29. The van der Waals surface area contributed by atoms with E-state index < -0.39 is 17.7 Å². The Labute approximate surface area is 184 Å². The Bertz CT molecular complexity index is 1140. The molecule has 31 heavy (non-hydrogen) atoms. The maximum absolute atomic E-state index is 13.4. The van der Waals surface area contributed by atoms with Gasteiger partial charge in [0, 0.05) is 23.2 Å². The maximum atomic E-state index is 13.4. The molecule has 0 saturated heterocycles. The van der Waals surface area contributed by atoms with Crippen molar-refractivity contribution in [1.29, 1.82) is 0 Å². The summed E-state index contributed by atoms with van der Waals surface area (Å²) in [5, 5.41) is 17.8. The summed E-state index contributed by atoms with van der Waals surface area (Å²) < 4.78 is 5.24. The van der Waals surface area contributed by atoms with Crippen molar-refractivity contribution in [3.8, 4) is 5.75 Å². The first-order valence-corrected chi connectivity index (χ1v) is 9.91. The van der Waals surface area contributed by atoms with Gasteiger partial charge in [0.1, 0.15) is 5.75 Å². The number of hydrogen-bond acceptors (Lipinski definition) is 4. The fourth-order valence-corrected chi connectivity index (χ4v) is 3.65. The average Bonchev–Trinajstić information content (AvgIpc) is 2.78. The quantitative estimate of drug-likeness (QED) is 0.565. The first-order valence-electron chi connectivity index (χ1n) is 9.53. The van der Waals surface area contributed by atoms with Crippen molar-refractivity contribution in [2.45, 2.75) is 12.3 Å². The zero-order valence-electron chi connectivity index (χ0n) is 16.6. The lowest BCUT2D eigenvalue weighted by Crippen LogP contribution is -2.62. The minimum Gasteiger partial charge on any atom is -0.497 e. The predicted octanol–water partition coefficient (Wildman–Crippen LogP) is 3.86. The van der Waals surface area contributed by atoms with E-state index in [1.54, 1.807) is 72.8 Å². The summed E-state index contributed by atoms with van der Waals surface area (Å²) in [5.74, 6) is -0.263. The molecule has 0 saturated carbocycles.